The second kappa shape index (κ2) is 4.01. The Bertz CT molecular complexity index is 566. The molecule has 0 aliphatic heterocycles. The number of rotatable bonds is 2. The largest absolute Gasteiger partial charge is 0.461 e. The van der Waals surface area contributed by atoms with Gasteiger partial charge in [-0.25, -0.2) is 0 Å². The maximum absolute atomic E-state index is 12.9. The average molecular weight is 280 g/mol. The third-order valence-electron chi connectivity index (χ3n) is 2.29. The van der Waals surface area contributed by atoms with Crippen LogP contribution in [0.3, 0.4) is 0 Å². The van der Waals surface area contributed by atoms with E-state index in [4.69, 9.17) is 0 Å². The van der Waals surface area contributed by atoms with Gasteiger partial charge < -0.3 is 0 Å². The van der Waals surface area contributed by atoms with Crippen molar-refractivity contribution in [3.63, 3.8) is 0 Å². The highest BCUT2D eigenvalue weighted by Gasteiger charge is 2.63. The fourth-order valence-corrected chi connectivity index (χ4v) is 2.41. The maximum Gasteiger partial charge on any atom is 0.461 e. The summed E-state index contributed by atoms with van der Waals surface area (Å²) in [4.78, 5) is 10.6. The molecule has 0 atom stereocenters. The quantitative estimate of drug-likeness (QED) is 0.592. The molecule has 0 saturated carbocycles. The Labute approximate surface area is 102 Å². The minimum atomic E-state index is -5.87. The van der Waals surface area contributed by atoms with E-state index in [0.717, 1.165) is 6.07 Å². The number of hydrogen-bond acceptors (Lipinski definition) is 2. The first-order valence-corrected chi connectivity index (χ1v) is 5.53. The Hall–Kier alpha value is -1.50. The fourth-order valence-electron chi connectivity index (χ4n) is 1.38. The molecule has 96 valence electrons. The van der Waals surface area contributed by atoms with Crippen LogP contribution in [-0.4, -0.2) is 17.9 Å². The lowest BCUT2D eigenvalue weighted by Gasteiger charge is -2.16. The van der Waals surface area contributed by atoms with Crippen molar-refractivity contribution in [2.24, 2.45) is 0 Å². The molecule has 0 aliphatic carbocycles. The second-order valence-electron chi connectivity index (χ2n) is 3.55. The van der Waals surface area contributed by atoms with Gasteiger partial charge in [0.15, 0.2) is 0 Å². The van der Waals surface area contributed by atoms with Gasteiger partial charge in [-0.3, -0.25) is 4.79 Å². The molecular weight excluding hydrogens is 275 g/mol. The van der Waals surface area contributed by atoms with Crippen LogP contribution < -0.4 is 0 Å². The zero-order valence-corrected chi connectivity index (χ0v) is 9.41. The van der Waals surface area contributed by atoms with E-state index in [9.17, 15) is 26.7 Å². The predicted molar refractivity (Wildman–Crippen MR) is 57.2 cm³/mol. The van der Waals surface area contributed by atoms with Gasteiger partial charge in [0.25, 0.3) is 5.78 Å². The Balaban J connectivity index is 2.46. The Morgan fingerprint density at radius 1 is 1.06 bits per heavy atom. The molecule has 1 nitrogen and oxygen atoms in total. The topological polar surface area (TPSA) is 17.1 Å². The fraction of sp³-hybridized carbons (Fsp3) is 0.182. The summed E-state index contributed by atoms with van der Waals surface area (Å²) < 4.78 is 62.4. The van der Waals surface area contributed by atoms with E-state index in [1.165, 1.54) is 6.07 Å². The molecule has 0 saturated heterocycles. The number of benzene rings is 1. The smallest absolute Gasteiger partial charge is 0.286 e. The van der Waals surface area contributed by atoms with Crippen molar-refractivity contribution >= 4 is 27.2 Å². The van der Waals surface area contributed by atoms with E-state index in [0.29, 0.717) is 21.4 Å². The van der Waals surface area contributed by atoms with Gasteiger partial charge in [-0.2, -0.15) is 22.0 Å². The number of thiophene rings is 1. The molecule has 1 aromatic carbocycles. The highest BCUT2D eigenvalue weighted by atomic mass is 32.1. The van der Waals surface area contributed by atoms with Crippen molar-refractivity contribution in [3.8, 4) is 0 Å². The summed E-state index contributed by atoms with van der Waals surface area (Å²) in [6, 6.07) is 7.33. The Morgan fingerprint density at radius 2 is 1.67 bits per heavy atom. The molecule has 0 unspecified atom stereocenters. The third kappa shape index (κ3) is 1.98. The maximum atomic E-state index is 12.9. The van der Waals surface area contributed by atoms with Gasteiger partial charge in [0.2, 0.25) is 0 Å². The van der Waals surface area contributed by atoms with Gasteiger partial charge in [-0.1, -0.05) is 18.2 Å². The number of ketones is 1. The van der Waals surface area contributed by atoms with Gasteiger partial charge in [0.05, 0.1) is 4.88 Å². The summed E-state index contributed by atoms with van der Waals surface area (Å²) in [5.41, 5.74) is 0. The summed E-state index contributed by atoms with van der Waals surface area (Å²) in [5, 5.41) is 0.462. The van der Waals surface area contributed by atoms with Crippen LogP contribution in [0, 0.1) is 0 Å². The Kier molecular flexibility index (Phi) is 2.89. The summed E-state index contributed by atoms with van der Waals surface area (Å²) in [6.07, 6.45) is -5.87. The van der Waals surface area contributed by atoms with Gasteiger partial charge in [-0.15, -0.1) is 11.3 Å². The molecule has 7 heteroatoms. The highest BCUT2D eigenvalue weighted by Crippen LogP contribution is 2.40. The van der Waals surface area contributed by atoms with Crippen molar-refractivity contribution in [3.05, 3.63) is 35.2 Å². The minimum absolute atomic E-state index is 0.462. The van der Waals surface area contributed by atoms with Crippen molar-refractivity contribution in [1.29, 1.82) is 0 Å². The average Bonchev–Trinajstić information content (AvgIpc) is 2.69. The van der Waals surface area contributed by atoms with Gasteiger partial charge in [0.1, 0.15) is 0 Å². The molecule has 0 radical (unpaired) electrons. The normalized spacial score (nSPS) is 12.9. The number of fused-ring (bicyclic) bond motifs is 1. The van der Waals surface area contributed by atoms with Crippen molar-refractivity contribution in [2.45, 2.75) is 12.1 Å². The summed E-state index contributed by atoms with van der Waals surface area (Å²) in [6.45, 7) is 0. The van der Waals surface area contributed by atoms with E-state index in [-0.39, 0.29) is 0 Å². The molecular formula is C11H5F5OS. The van der Waals surface area contributed by atoms with E-state index in [1.54, 1.807) is 18.2 Å². The lowest BCUT2D eigenvalue weighted by Crippen LogP contribution is -2.43. The van der Waals surface area contributed by atoms with Crippen LogP contribution in [0.2, 0.25) is 0 Å². The van der Waals surface area contributed by atoms with Gasteiger partial charge in [-0.05, 0) is 17.5 Å². The molecule has 2 rings (SSSR count). The molecule has 0 amide bonds. The minimum Gasteiger partial charge on any atom is -0.286 e. The molecule has 1 aromatic heterocycles. The van der Waals surface area contributed by atoms with Crippen LogP contribution in [0.5, 0.6) is 0 Å². The van der Waals surface area contributed by atoms with Crippen LogP contribution in [0.25, 0.3) is 10.1 Å². The number of Topliss-reactive ketones (excluding diaryl/α,β-unsaturated/α-hetero) is 1. The summed E-state index contributed by atoms with van der Waals surface area (Å²) in [5.74, 6) is -7.57. The van der Waals surface area contributed by atoms with Crippen LogP contribution in [-0.2, 0) is 0 Å². The molecule has 18 heavy (non-hydrogen) atoms. The monoisotopic (exact) mass is 280 g/mol. The third-order valence-corrected chi connectivity index (χ3v) is 3.41. The van der Waals surface area contributed by atoms with Crippen molar-refractivity contribution in [2.75, 3.05) is 0 Å². The van der Waals surface area contributed by atoms with Gasteiger partial charge >= 0.3 is 12.1 Å². The number of halogens is 5. The molecule has 0 N–H and O–H groups in total. The number of hydrogen-bond donors (Lipinski definition) is 0. The lowest BCUT2D eigenvalue weighted by molar-refractivity contribution is -0.255. The number of carbonyl (C=O) groups is 1. The first-order chi connectivity index (χ1) is 8.23. The van der Waals surface area contributed by atoms with Crippen LogP contribution in [0.15, 0.2) is 30.3 Å². The number of alkyl halides is 5. The van der Waals surface area contributed by atoms with Gasteiger partial charge in [0, 0.05) is 4.70 Å². The highest BCUT2D eigenvalue weighted by molar-refractivity contribution is 7.20. The first-order valence-electron chi connectivity index (χ1n) is 4.71. The van der Waals surface area contributed by atoms with E-state index in [2.05, 4.69) is 0 Å². The zero-order valence-electron chi connectivity index (χ0n) is 8.59. The first kappa shape index (κ1) is 12.9. The van der Waals surface area contributed by atoms with E-state index in [1.807, 2.05) is 0 Å². The van der Waals surface area contributed by atoms with E-state index >= 15 is 0 Å². The van der Waals surface area contributed by atoms with Crippen LogP contribution >= 0.6 is 11.3 Å². The molecule has 0 bridgehead atoms. The van der Waals surface area contributed by atoms with Crippen molar-refractivity contribution in [1.82, 2.24) is 0 Å². The van der Waals surface area contributed by atoms with E-state index < -0.39 is 22.8 Å². The SMILES string of the molecule is O=C(c1cc2ccccc2s1)C(F)(F)C(F)(F)F. The zero-order chi connectivity index (χ0) is 13.6. The molecule has 0 aliphatic rings. The summed E-state index contributed by atoms with van der Waals surface area (Å²) in [7, 11) is 0. The Morgan fingerprint density at radius 3 is 2.22 bits per heavy atom. The molecule has 1 heterocycles. The standard InChI is InChI=1S/C11H5F5OS/c12-10(13,11(14,15)16)9(17)8-5-6-3-1-2-4-7(6)18-8/h1-5H. The molecule has 0 spiro atoms. The van der Waals surface area contributed by atoms with Crippen LogP contribution in [0.1, 0.15) is 9.67 Å². The number of carbonyl (C=O) groups excluding carboxylic acids is 1. The lowest BCUT2D eigenvalue weighted by atomic mass is 10.1. The summed E-state index contributed by atoms with van der Waals surface area (Å²) >= 11 is 0.619. The van der Waals surface area contributed by atoms with Crippen molar-refractivity contribution < 1.29 is 26.7 Å². The van der Waals surface area contributed by atoms with Crippen LogP contribution in [0.4, 0.5) is 22.0 Å². The molecule has 0 fully saturated rings. The molecule has 2 aromatic rings. The predicted octanol–water partition coefficient (Wildman–Crippen LogP) is 4.28. The second-order valence-corrected chi connectivity index (χ2v) is 4.63.